The van der Waals surface area contributed by atoms with Gasteiger partial charge in [-0.3, -0.25) is 0 Å². The number of hydrogen-bond donors (Lipinski definition) is 0. The SMILES string of the molecule is c1ccc2c(c1)Oc1ccccc1C21c2ccccc2-c2ccc(N(c3ccc4c(c3)-c3ccccc3C43c4ccccc4Sc4ccccc43)c3ccc4c(c3)oc3ccccc34)cc21. The van der Waals surface area contributed by atoms with Crippen LogP contribution >= 0.6 is 11.8 Å². The molecule has 0 radical (unpaired) electrons. The van der Waals surface area contributed by atoms with Crippen LogP contribution in [0.2, 0.25) is 0 Å². The normalized spacial score (nSPS) is 14.7. The number of anilines is 3. The Balaban J connectivity index is 1.01. The van der Waals surface area contributed by atoms with Gasteiger partial charge in [-0.15, -0.1) is 0 Å². The molecule has 0 atom stereocenters. The maximum Gasteiger partial charge on any atom is 0.137 e. The fraction of sp³-hybridized carbons (Fsp3) is 0.0323. The summed E-state index contributed by atoms with van der Waals surface area (Å²) in [5.74, 6) is 1.76. The monoisotopic (exact) mass is 859 g/mol. The number of ether oxygens (including phenoxy) is 1. The van der Waals surface area contributed by atoms with E-state index in [1.54, 1.807) is 0 Å². The lowest BCUT2D eigenvalue weighted by Crippen LogP contribution is -2.32. The quantitative estimate of drug-likeness (QED) is 0.177. The standard InChI is InChI=1S/C62H37NO2S/c1-4-18-47-41(15-1)43-32-29-39(36-54(43)62(47)50-20-6-11-25-56(50)65-57-26-12-7-21-51(57)62)63(40-30-33-45-44-17-3-10-24-55(44)64-58(45)37-40)38-31-34-49-46(35-38)42-16-2-5-19-48(42)61(49)52-22-8-13-27-59(52)66-60-28-14-9-23-53(60)61/h1-37H. The summed E-state index contributed by atoms with van der Waals surface area (Å²) in [7, 11) is 0. The third-order valence-electron chi connectivity index (χ3n) is 14.8. The lowest BCUT2D eigenvalue weighted by atomic mass is 9.66. The van der Waals surface area contributed by atoms with Gasteiger partial charge in [0.05, 0.1) is 10.8 Å². The molecule has 2 spiro atoms. The van der Waals surface area contributed by atoms with E-state index in [0.29, 0.717) is 0 Å². The number of fused-ring (bicyclic) bond motifs is 21. The van der Waals surface area contributed by atoms with Crippen molar-refractivity contribution in [2.45, 2.75) is 20.6 Å². The Bertz CT molecular complexity index is 3790. The molecule has 11 aromatic rings. The molecule has 0 N–H and O–H groups in total. The molecule has 66 heavy (non-hydrogen) atoms. The minimum absolute atomic E-state index is 0.462. The molecule has 2 aliphatic carbocycles. The van der Waals surface area contributed by atoms with Crippen molar-refractivity contribution in [3.8, 4) is 33.8 Å². The second-order valence-corrected chi connectivity index (χ2v) is 18.9. The van der Waals surface area contributed by atoms with Crippen LogP contribution in [-0.4, -0.2) is 0 Å². The van der Waals surface area contributed by atoms with E-state index in [4.69, 9.17) is 9.15 Å². The molecule has 1 aromatic heterocycles. The molecule has 0 fully saturated rings. The van der Waals surface area contributed by atoms with Crippen LogP contribution in [0.3, 0.4) is 0 Å². The third kappa shape index (κ3) is 4.59. The number of benzene rings is 10. The Labute approximate surface area is 386 Å². The average Bonchev–Trinajstić information content (AvgIpc) is 3.99. The molecule has 0 unspecified atom stereocenters. The van der Waals surface area contributed by atoms with Crippen LogP contribution < -0.4 is 9.64 Å². The number of para-hydroxylation sites is 3. The van der Waals surface area contributed by atoms with Crippen molar-refractivity contribution in [3.05, 3.63) is 269 Å². The molecule has 0 amide bonds. The van der Waals surface area contributed by atoms with E-state index in [2.05, 4.69) is 223 Å². The highest BCUT2D eigenvalue weighted by molar-refractivity contribution is 7.99. The molecule has 2 aliphatic heterocycles. The van der Waals surface area contributed by atoms with E-state index in [9.17, 15) is 0 Å². The summed E-state index contributed by atoms with van der Waals surface area (Å²) in [6.07, 6.45) is 0. The summed E-state index contributed by atoms with van der Waals surface area (Å²) in [6.45, 7) is 0. The van der Waals surface area contributed by atoms with Crippen molar-refractivity contribution in [1.29, 1.82) is 0 Å². The summed E-state index contributed by atoms with van der Waals surface area (Å²) in [5, 5.41) is 2.22. The van der Waals surface area contributed by atoms with Gasteiger partial charge in [0.25, 0.3) is 0 Å². The highest BCUT2D eigenvalue weighted by Crippen LogP contribution is 2.65. The van der Waals surface area contributed by atoms with Crippen molar-refractivity contribution in [2.75, 3.05) is 4.90 Å². The Morgan fingerprint density at radius 1 is 0.318 bits per heavy atom. The summed E-state index contributed by atoms with van der Waals surface area (Å²) in [5.41, 5.74) is 18.9. The first-order chi connectivity index (χ1) is 32.7. The minimum atomic E-state index is -0.606. The van der Waals surface area contributed by atoms with Gasteiger partial charge >= 0.3 is 0 Å². The smallest absolute Gasteiger partial charge is 0.137 e. The molecule has 0 saturated heterocycles. The van der Waals surface area contributed by atoms with Crippen LogP contribution in [0.1, 0.15) is 44.5 Å². The summed E-state index contributed by atoms with van der Waals surface area (Å²) >= 11 is 1.88. The van der Waals surface area contributed by atoms with Crippen LogP contribution in [0.4, 0.5) is 17.1 Å². The van der Waals surface area contributed by atoms with E-state index < -0.39 is 10.8 Å². The maximum absolute atomic E-state index is 6.72. The van der Waals surface area contributed by atoms with Crippen LogP contribution in [0.5, 0.6) is 11.5 Å². The van der Waals surface area contributed by atoms with E-state index in [0.717, 1.165) is 61.6 Å². The van der Waals surface area contributed by atoms with Crippen molar-refractivity contribution < 1.29 is 9.15 Å². The zero-order valence-corrected chi connectivity index (χ0v) is 36.4. The molecule has 15 rings (SSSR count). The highest BCUT2D eigenvalue weighted by atomic mass is 32.2. The van der Waals surface area contributed by atoms with Crippen molar-refractivity contribution in [3.63, 3.8) is 0 Å². The molecule has 10 aromatic carbocycles. The topological polar surface area (TPSA) is 25.6 Å². The van der Waals surface area contributed by atoms with Gasteiger partial charge in [-0.25, -0.2) is 0 Å². The van der Waals surface area contributed by atoms with Crippen LogP contribution in [0, 0.1) is 0 Å². The summed E-state index contributed by atoms with van der Waals surface area (Å²) in [6, 6.07) is 82.6. The Morgan fingerprint density at radius 3 is 1.50 bits per heavy atom. The number of furan rings is 1. The van der Waals surface area contributed by atoms with Gasteiger partial charge in [-0.2, -0.15) is 0 Å². The molecule has 308 valence electrons. The number of rotatable bonds is 3. The summed E-state index contributed by atoms with van der Waals surface area (Å²) < 4.78 is 13.3. The predicted molar refractivity (Wildman–Crippen MR) is 267 cm³/mol. The Kier molecular flexibility index (Phi) is 7.29. The second kappa shape index (κ2) is 13.3. The number of nitrogens with zero attached hydrogens (tertiary/aromatic N) is 1. The van der Waals surface area contributed by atoms with E-state index >= 15 is 0 Å². The van der Waals surface area contributed by atoms with Gasteiger partial charge in [0.2, 0.25) is 0 Å². The third-order valence-corrected chi connectivity index (χ3v) is 15.9. The molecular weight excluding hydrogens is 823 g/mol. The zero-order valence-electron chi connectivity index (χ0n) is 35.5. The molecule has 0 bridgehead atoms. The molecular formula is C62H37NO2S. The highest BCUT2D eigenvalue weighted by Gasteiger charge is 2.52. The van der Waals surface area contributed by atoms with Crippen molar-refractivity contribution in [2.24, 2.45) is 0 Å². The van der Waals surface area contributed by atoms with Crippen LogP contribution in [0.15, 0.2) is 239 Å². The molecule has 3 nitrogen and oxygen atoms in total. The number of hydrogen-bond acceptors (Lipinski definition) is 4. The average molecular weight is 860 g/mol. The predicted octanol–water partition coefficient (Wildman–Crippen LogP) is 16.4. The van der Waals surface area contributed by atoms with Gasteiger partial charge in [0, 0.05) is 54.8 Å². The molecule has 4 aliphatic rings. The van der Waals surface area contributed by atoms with Crippen molar-refractivity contribution >= 4 is 50.8 Å². The fourth-order valence-corrected chi connectivity index (χ4v) is 13.5. The second-order valence-electron chi connectivity index (χ2n) is 17.9. The fourth-order valence-electron chi connectivity index (χ4n) is 12.3. The van der Waals surface area contributed by atoms with Gasteiger partial charge in [-0.1, -0.05) is 163 Å². The first-order valence-corrected chi connectivity index (χ1v) is 23.5. The first-order valence-electron chi connectivity index (χ1n) is 22.7. The Hall–Kier alpha value is -8.05. The Morgan fingerprint density at radius 2 is 0.788 bits per heavy atom. The van der Waals surface area contributed by atoms with Crippen LogP contribution in [0.25, 0.3) is 44.2 Å². The van der Waals surface area contributed by atoms with Gasteiger partial charge in [0.15, 0.2) is 0 Å². The van der Waals surface area contributed by atoms with Gasteiger partial charge < -0.3 is 14.1 Å². The molecule has 4 heteroatoms. The van der Waals surface area contributed by atoms with E-state index in [-0.39, 0.29) is 0 Å². The van der Waals surface area contributed by atoms with Crippen molar-refractivity contribution in [1.82, 2.24) is 0 Å². The largest absolute Gasteiger partial charge is 0.457 e. The minimum Gasteiger partial charge on any atom is -0.457 e. The van der Waals surface area contributed by atoms with Gasteiger partial charge in [0.1, 0.15) is 22.7 Å². The maximum atomic E-state index is 6.72. The van der Waals surface area contributed by atoms with Gasteiger partial charge in [-0.05, 0) is 122 Å². The molecule has 3 heterocycles. The van der Waals surface area contributed by atoms with E-state index in [1.807, 2.05) is 17.8 Å². The lowest BCUT2D eigenvalue weighted by Gasteiger charge is -2.40. The zero-order chi connectivity index (χ0) is 43.1. The van der Waals surface area contributed by atoms with E-state index in [1.165, 1.54) is 65.4 Å². The first kappa shape index (κ1) is 36.3. The summed E-state index contributed by atoms with van der Waals surface area (Å²) in [4.78, 5) is 5.04. The molecule has 0 saturated carbocycles. The van der Waals surface area contributed by atoms with Crippen LogP contribution in [-0.2, 0) is 10.8 Å². The lowest BCUT2D eigenvalue weighted by molar-refractivity contribution is 0.436.